The molecule has 6 heteroatoms. The van der Waals surface area contributed by atoms with Crippen molar-refractivity contribution >= 4 is 11.9 Å². The molecule has 0 aromatic rings. The van der Waals surface area contributed by atoms with Crippen LogP contribution in [0.15, 0.2) is 5.29 Å². The number of carboxylic acid groups (broad SMARTS) is 1. The minimum Gasteiger partial charge on any atom is -0.480 e. The molecule has 80 valence electrons. The Hall–Kier alpha value is -1.46. The van der Waals surface area contributed by atoms with E-state index < -0.39 is 17.9 Å². The summed E-state index contributed by atoms with van der Waals surface area (Å²) in [6, 6.07) is -1.16. The lowest BCUT2D eigenvalue weighted by Crippen LogP contribution is -2.41. The third-order valence-electron chi connectivity index (χ3n) is 1.69. The third-order valence-corrected chi connectivity index (χ3v) is 1.69. The van der Waals surface area contributed by atoms with Gasteiger partial charge < -0.3 is 5.11 Å². The number of carbonyl (C=O) groups is 2. The van der Waals surface area contributed by atoms with Gasteiger partial charge in [-0.15, -0.1) is 4.91 Å². The first-order valence-corrected chi connectivity index (χ1v) is 4.26. The predicted molar refractivity (Wildman–Crippen MR) is 49.2 cm³/mol. The number of nitrogens with zero attached hydrogens (tertiary/aromatic N) is 2. The standard InChI is InChI=1S/C8H14N2O4/c1-5(2)4-7(8(12)13)10(9-14)6(3)11/h5,7H,4H2,1-3H3,(H,12,13)/t7-/m0/s1. The van der Waals surface area contributed by atoms with Gasteiger partial charge in [-0.25, -0.2) is 4.79 Å². The smallest absolute Gasteiger partial charge is 0.328 e. The summed E-state index contributed by atoms with van der Waals surface area (Å²) in [5.41, 5.74) is 0. The van der Waals surface area contributed by atoms with Gasteiger partial charge in [0.25, 0.3) is 0 Å². The molecule has 0 saturated carbocycles. The molecule has 0 aliphatic rings. The number of aliphatic carboxylic acids is 1. The molecule has 0 aromatic carbocycles. The SMILES string of the molecule is CC(=O)N(N=O)[C@@H](CC(C)C)C(=O)O. The first kappa shape index (κ1) is 12.5. The minimum atomic E-state index is -1.21. The molecule has 0 radical (unpaired) electrons. The molecular formula is C8H14N2O4. The van der Waals surface area contributed by atoms with Gasteiger partial charge >= 0.3 is 5.97 Å². The van der Waals surface area contributed by atoms with Gasteiger partial charge in [0.1, 0.15) is 0 Å². The Labute approximate surface area is 81.8 Å². The van der Waals surface area contributed by atoms with Crippen LogP contribution in [0.25, 0.3) is 0 Å². The summed E-state index contributed by atoms with van der Waals surface area (Å²) in [5, 5.41) is 11.7. The van der Waals surface area contributed by atoms with E-state index in [2.05, 4.69) is 5.29 Å². The van der Waals surface area contributed by atoms with E-state index in [0.29, 0.717) is 5.01 Å². The average Bonchev–Trinajstić information content (AvgIpc) is 2.02. The van der Waals surface area contributed by atoms with Crippen LogP contribution < -0.4 is 0 Å². The van der Waals surface area contributed by atoms with Crippen molar-refractivity contribution in [2.24, 2.45) is 11.2 Å². The Morgan fingerprint density at radius 2 is 1.93 bits per heavy atom. The highest BCUT2D eigenvalue weighted by molar-refractivity contribution is 5.81. The Morgan fingerprint density at radius 3 is 2.14 bits per heavy atom. The van der Waals surface area contributed by atoms with Gasteiger partial charge in [0.2, 0.25) is 5.91 Å². The lowest BCUT2D eigenvalue weighted by molar-refractivity contribution is -0.150. The number of carbonyl (C=O) groups excluding carboxylic acids is 1. The van der Waals surface area contributed by atoms with E-state index >= 15 is 0 Å². The number of hydrogen-bond donors (Lipinski definition) is 1. The Morgan fingerprint density at radius 1 is 1.43 bits per heavy atom. The summed E-state index contributed by atoms with van der Waals surface area (Å²) in [7, 11) is 0. The zero-order valence-electron chi connectivity index (χ0n) is 8.43. The van der Waals surface area contributed by atoms with Gasteiger partial charge in [-0.1, -0.05) is 13.8 Å². The van der Waals surface area contributed by atoms with Crippen LogP contribution in [0.3, 0.4) is 0 Å². The molecule has 1 atom stereocenters. The van der Waals surface area contributed by atoms with Crippen LogP contribution in [0, 0.1) is 10.8 Å². The molecule has 0 aromatic heterocycles. The van der Waals surface area contributed by atoms with Gasteiger partial charge in [-0.3, -0.25) is 4.79 Å². The fraction of sp³-hybridized carbons (Fsp3) is 0.750. The summed E-state index contributed by atoms with van der Waals surface area (Å²) in [6.45, 7) is 4.72. The summed E-state index contributed by atoms with van der Waals surface area (Å²) in [6.07, 6.45) is 0.209. The molecule has 0 fully saturated rings. The van der Waals surface area contributed by atoms with Gasteiger partial charge in [0.05, 0.1) is 5.29 Å². The van der Waals surface area contributed by atoms with Gasteiger partial charge in [0.15, 0.2) is 6.04 Å². The topological polar surface area (TPSA) is 87.0 Å². The van der Waals surface area contributed by atoms with E-state index in [4.69, 9.17) is 5.11 Å². The first-order chi connectivity index (χ1) is 6.40. The molecule has 14 heavy (non-hydrogen) atoms. The monoisotopic (exact) mass is 202 g/mol. The van der Waals surface area contributed by atoms with E-state index in [1.807, 2.05) is 0 Å². The van der Waals surface area contributed by atoms with Crippen LogP contribution in [-0.4, -0.2) is 28.0 Å². The maximum atomic E-state index is 10.9. The lowest BCUT2D eigenvalue weighted by atomic mass is 10.0. The highest BCUT2D eigenvalue weighted by Crippen LogP contribution is 2.12. The normalized spacial score (nSPS) is 12.3. The van der Waals surface area contributed by atoms with Crippen molar-refractivity contribution in [3.8, 4) is 0 Å². The highest BCUT2D eigenvalue weighted by Gasteiger charge is 2.29. The van der Waals surface area contributed by atoms with Gasteiger partial charge in [-0.2, -0.15) is 5.01 Å². The van der Waals surface area contributed by atoms with Gasteiger partial charge in [0, 0.05) is 6.92 Å². The van der Waals surface area contributed by atoms with Crippen LogP contribution in [0.2, 0.25) is 0 Å². The number of rotatable bonds is 5. The summed E-state index contributed by atoms with van der Waals surface area (Å²) >= 11 is 0. The van der Waals surface area contributed by atoms with Crippen LogP contribution >= 0.6 is 0 Å². The first-order valence-electron chi connectivity index (χ1n) is 4.26. The largest absolute Gasteiger partial charge is 0.480 e. The molecule has 0 aliphatic carbocycles. The fourth-order valence-corrected chi connectivity index (χ4v) is 1.09. The van der Waals surface area contributed by atoms with Crippen molar-refractivity contribution < 1.29 is 14.7 Å². The van der Waals surface area contributed by atoms with E-state index in [0.717, 1.165) is 6.92 Å². The van der Waals surface area contributed by atoms with Crippen LogP contribution in [0.4, 0.5) is 0 Å². The number of hydrogen-bond acceptors (Lipinski definition) is 4. The second kappa shape index (κ2) is 5.31. The van der Waals surface area contributed by atoms with E-state index in [1.54, 1.807) is 13.8 Å². The molecule has 1 N–H and O–H groups in total. The molecule has 0 heterocycles. The van der Waals surface area contributed by atoms with Crippen LogP contribution in [-0.2, 0) is 9.59 Å². The Balaban J connectivity index is 4.69. The second-order valence-electron chi connectivity index (χ2n) is 3.43. The Kier molecular flexibility index (Phi) is 4.76. The maximum Gasteiger partial charge on any atom is 0.328 e. The minimum absolute atomic E-state index is 0.0692. The summed E-state index contributed by atoms with van der Waals surface area (Å²) in [5.74, 6) is -1.80. The molecule has 0 rings (SSSR count). The quantitative estimate of drug-likeness (QED) is 0.532. The molecule has 1 amide bonds. The van der Waals surface area contributed by atoms with Crippen molar-refractivity contribution in [3.05, 3.63) is 4.91 Å². The molecule has 0 bridgehead atoms. The molecule has 0 unspecified atom stereocenters. The molecule has 0 aliphatic heterocycles. The van der Waals surface area contributed by atoms with Gasteiger partial charge in [-0.05, 0) is 12.3 Å². The zero-order chi connectivity index (χ0) is 11.3. The second-order valence-corrected chi connectivity index (χ2v) is 3.43. The van der Waals surface area contributed by atoms with E-state index in [9.17, 15) is 14.5 Å². The molecule has 6 nitrogen and oxygen atoms in total. The predicted octanol–water partition coefficient (Wildman–Crippen LogP) is 1.02. The number of carboxylic acids is 1. The van der Waals surface area contributed by atoms with Crippen molar-refractivity contribution in [1.82, 2.24) is 5.01 Å². The van der Waals surface area contributed by atoms with Crippen molar-refractivity contribution in [2.45, 2.75) is 33.2 Å². The summed E-state index contributed by atoms with van der Waals surface area (Å²) in [4.78, 5) is 31.9. The molecule has 0 saturated heterocycles. The van der Waals surface area contributed by atoms with Crippen LogP contribution in [0.5, 0.6) is 0 Å². The van der Waals surface area contributed by atoms with E-state index in [1.165, 1.54) is 0 Å². The van der Waals surface area contributed by atoms with Crippen molar-refractivity contribution in [3.63, 3.8) is 0 Å². The highest BCUT2D eigenvalue weighted by atomic mass is 16.4. The number of nitroso groups, excluding NO2 is 1. The zero-order valence-corrected chi connectivity index (χ0v) is 8.43. The number of amides is 1. The van der Waals surface area contributed by atoms with Crippen molar-refractivity contribution in [1.29, 1.82) is 0 Å². The lowest BCUT2D eigenvalue weighted by Gasteiger charge is -2.20. The summed E-state index contributed by atoms with van der Waals surface area (Å²) < 4.78 is 0. The maximum absolute atomic E-state index is 10.9. The van der Waals surface area contributed by atoms with Crippen LogP contribution in [0.1, 0.15) is 27.2 Å². The fourth-order valence-electron chi connectivity index (χ4n) is 1.09. The average molecular weight is 202 g/mol. The van der Waals surface area contributed by atoms with Crippen molar-refractivity contribution in [2.75, 3.05) is 0 Å². The van der Waals surface area contributed by atoms with E-state index in [-0.39, 0.29) is 12.3 Å². The third kappa shape index (κ3) is 3.51. The molecule has 0 spiro atoms. The molecular weight excluding hydrogens is 188 g/mol. The Bertz CT molecular complexity index is 239.